The van der Waals surface area contributed by atoms with Crippen molar-refractivity contribution in [1.29, 1.82) is 0 Å². The molecule has 0 aromatic heterocycles. The van der Waals surface area contributed by atoms with Crippen LogP contribution < -0.4 is 4.74 Å². The molecule has 1 heterocycles. The Morgan fingerprint density at radius 3 is 2.58 bits per heavy atom. The fraction of sp³-hybridized carbons (Fsp3) is 0.562. The maximum atomic E-state index is 12.3. The molecule has 1 atom stereocenters. The van der Waals surface area contributed by atoms with Gasteiger partial charge >= 0.3 is 0 Å². The molecule has 3 nitrogen and oxygen atoms in total. The summed E-state index contributed by atoms with van der Waals surface area (Å²) in [5.41, 5.74) is 2.30. The van der Waals surface area contributed by atoms with Gasteiger partial charge in [0.05, 0.1) is 0 Å². The lowest BCUT2D eigenvalue weighted by atomic mass is 10.1. The Labute approximate surface area is 115 Å². The third-order valence-corrected chi connectivity index (χ3v) is 3.87. The molecule has 1 aromatic rings. The van der Waals surface area contributed by atoms with E-state index in [0.717, 1.165) is 37.2 Å². The summed E-state index contributed by atoms with van der Waals surface area (Å²) in [7, 11) is 0. The maximum Gasteiger partial charge on any atom is 0.263 e. The number of piperidine rings is 1. The first kappa shape index (κ1) is 13.9. The number of nitrogens with zero attached hydrogens (tertiary/aromatic N) is 1. The minimum absolute atomic E-state index is 0.112. The van der Waals surface area contributed by atoms with E-state index in [1.165, 1.54) is 12.0 Å². The van der Waals surface area contributed by atoms with Gasteiger partial charge in [-0.1, -0.05) is 12.1 Å². The highest BCUT2D eigenvalue weighted by Gasteiger charge is 2.23. The Balaban J connectivity index is 2.01. The average molecular weight is 261 g/mol. The molecule has 0 bridgehead atoms. The molecule has 1 amide bonds. The SMILES string of the molecule is Cc1cccc(O[C@H](C)C(=O)N2CCCCC2)c1C. The Morgan fingerprint density at radius 1 is 1.21 bits per heavy atom. The lowest BCUT2D eigenvalue weighted by Gasteiger charge is -2.29. The summed E-state index contributed by atoms with van der Waals surface area (Å²) in [6.45, 7) is 7.68. The molecule has 1 saturated heterocycles. The number of likely N-dealkylation sites (tertiary alicyclic amines) is 1. The third-order valence-electron chi connectivity index (χ3n) is 3.87. The number of rotatable bonds is 3. The number of carbonyl (C=O) groups excluding carboxylic acids is 1. The highest BCUT2D eigenvalue weighted by atomic mass is 16.5. The first-order valence-electron chi connectivity index (χ1n) is 7.11. The number of carbonyl (C=O) groups is 1. The van der Waals surface area contributed by atoms with E-state index in [4.69, 9.17) is 4.74 Å². The summed E-state index contributed by atoms with van der Waals surface area (Å²) in [5.74, 6) is 0.929. The molecule has 0 spiro atoms. The molecule has 1 aliphatic rings. The van der Waals surface area contributed by atoms with Crippen molar-refractivity contribution in [2.75, 3.05) is 13.1 Å². The van der Waals surface area contributed by atoms with E-state index in [1.807, 2.05) is 30.9 Å². The molecular formula is C16H23NO2. The molecule has 0 N–H and O–H groups in total. The van der Waals surface area contributed by atoms with Crippen molar-refractivity contribution < 1.29 is 9.53 Å². The molecule has 1 aromatic carbocycles. The van der Waals surface area contributed by atoms with E-state index in [0.29, 0.717) is 0 Å². The fourth-order valence-electron chi connectivity index (χ4n) is 2.46. The van der Waals surface area contributed by atoms with Crippen LogP contribution in [0.5, 0.6) is 5.75 Å². The van der Waals surface area contributed by atoms with Crippen molar-refractivity contribution >= 4 is 5.91 Å². The predicted molar refractivity (Wildman–Crippen MR) is 76.4 cm³/mol. The molecular weight excluding hydrogens is 238 g/mol. The van der Waals surface area contributed by atoms with E-state index in [1.54, 1.807) is 0 Å². The van der Waals surface area contributed by atoms with Gasteiger partial charge in [-0.2, -0.15) is 0 Å². The molecule has 0 aliphatic carbocycles. The van der Waals surface area contributed by atoms with Crippen LogP contribution in [0.2, 0.25) is 0 Å². The minimum Gasteiger partial charge on any atom is -0.481 e. The lowest BCUT2D eigenvalue weighted by molar-refractivity contribution is -0.138. The summed E-state index contributed by atoms with van der Waals surface area (Å²) < 4.78 is 5.85. The van der Waals surface area contributed by atoms with Crippen LogP contribution in [0.15, 0.2) is 18.2 Å². The second-order valence-electron chi connectivity index (χ2n) is 5.34. The van der Waals surface area contributed by atoms with Crippen molar-refractivity contribution in [1.82, 2.24) is 4.90 Å². The van der Waals surface area contributed by atoms with Crippen LogP contribution in [0.25, 0.3) is 0 Å². The summed E-state index contributed by atoms with van der Waals surface area (Å²) in [4.78, 5) is 14.2. The molecule has 19 heavy (non-hydrogen) atoms. The molecule has 0 radical (unpaired) electrons. The predicted octanol–water partition coefficient (Wildman–Crippen LogP) is 3.08. The van der Waals surface area contributed by atoms with Crippen LogP contribution in [-0.2, 0) is 4.79 Å². The number of benzene rings is 1. The van der Waals surface area contributed by atoms with Crippen LogP contribution in [0, 0.1) is 13.8 Å². The van der Waals surface area contributed by atoms with E-state index in [9.17, 15) is 4.79 Å². The summed E-state index contributed by atoms with van der Waals surface area (Å²) >= 11 is 0. The Kier molecular flexibility index (Phi) is 4.46. The van der Waals surface area contributed by atoms with Crippen LogP contribution in [-0.4, -0.2) is 30.0 Å². The van der Waals surface area contributed by atoms with Gasteiger partial charge in [0, 0.05) is 13.1 Å². The maximum absolute atomic E-state index is 12.3. The summed E-state index contributed by atoms with van der Waals surface area (Å²) in [6.07, 6.45) is 3.05. The second-order valence-corrected chi connectivity index (χ2v) is 5.34. The van der Waals surface area contributed by atoms with Gasteiger partial charge in [-0.3, -0.25) is 4.79 Å². The Bertz CT molecular complexity index is 450. The molecule has 104 valence electrons. The number of hydrogen-bond acceptors (Lipinski definition) is 2. The largest absolute Gasteiger partial charge is 0.481 e. The van der Waals surface area contributed by atoms with Crippen LogP contribution >= 0.6 is 0 Å². The Hall–Kier alpha value is -1.51. The average Bonchev–Trinajstić information content (AvgIpc) is 2.44. The molecule has 1 fully saturated rings. The molecule has 0 unspecified atom stereocenters. The van der Waals surface area contributed by atoms with Gasteiger partial charge in [-0.25, -0.2) is 0 Å². The zero-order valence-electron chi connectivity index (χ0n) is 12.1. The normalized spacial score (nSPS) is 17.1. The summed E-state index contributed by atoms with van der Waals surface area (Å²) in [6, 6.07) is 5.96. The van der Waals surface area contributed by atoms with Crippen molar-refractivity contribution in [3.8, 4) is 5.75 Å². The van der Waals surface area contributed by atoms with Crippen LogP contribution in [0.3, 0.4) is 0 Å². The Morgan fingerprint density at radius 2 is 1.89 bits per heavy atom. The second kappa shape index (κ2) is 6.09. The number of amides is 1. The zero-order valence-corrected chi connectivity index (χ0v) is 12.1. The molecule has 2 rings (SSSR count). The minimum atomic E-state index is -0.404. The van der Waals surface area contributed by atoms with Gasteiger partial charge in [-0.15, -0.1) is 0 Å². The fourth-order valence-corrected chi connectivity index (χ4v) is 2.46. The molecule has 3 heteroatoms. The van der Waals surface area contributed by atoms with Crippen LogP contribution in [0.1, 0.15) is 37.3 Å². The lowest BCUT2D eigenvalue weighted by Crippen LogP contribution is -2.43. The van der Waals surface area contributed by atoms with E-state index < -0.39 is 6.10 Å². The smallest absolute Gasteiger partial charge is 0.263 e. The van der Waals surface area contributed by atoms with Crippen molar-refractivity contribution in [2.24, 2.45) is 0 Å². The highest BCUT2D eigenvalue weighted by Crippen LogP contribution is 2.22. The van der Waals surface area contributed by atoms with E-state index in [-0.39, 0.29) is 5.91 Å². The van der Waals surface area contributed by atoms with E-state index in [2.05, 4.69) is 13.0 Å². The topological polar surface area (TPSA) is 29.5 Å². The van der Waals surface area contributed by atoms with E-state index >= 15 is 0 Å². The van der Waals surface area contributed by atoms with Gasteiger partial charge in [0.15, 0.2) is 6.10 Å². The van der Waals surface area contributed by atoms with Crippen LogP contribution in [0.4, 0.5) is 0 Å². The quantitative estimate of drug-likeness (QED) is 0.837. The van der Waals surface area contributed by atoms with Crippen molar-refractivity contribution in [3.63, 3.8) is 0 Å². The van der Waals surface area contributed by atoms with Crippen molar-refractivity contribution in [3.05, 3.63) is 29.3 Å². The molecule has 1 aliphatic heterocycles. The number of ether oxygens (including phenoxy) is 1. The monoisotopic (exact) mass is 261 g/mol. The van der Waals surface area contributed by atoms with Crippen molar-refractivity contribution in [2.45, 2.75) is 46.1 Å². The van der Waals surface area contributed by atoms with Gasteiger partial charge in [0.25, 0.3) is 5.91 Å². The zero-order chi connectivity index (χ0) is 13.8. The highest BCUT2D eigenvalue weighted by molar-refractivity contribution is 5.81. The summed E-state index contributed by atoms with van der Waals surface area (Å²) in [5, 5.41) is 0. The third kappa shape index (κ3) is 3.28. The van der Waals surface area contributed by atoms with Gasteiger partial charge in [0.1, 0.15) is 5.75 Å². The number of aryl methyl sites for hydroxylation is 1. The molecule has 0 saturated carbocycles. The first-order valence-corrected chi connectivity index (χ1v) is 7.11. The van der Waals surface area contributed by atoms with Gasteiger partial charge in [0.2, 0.25) is 0 Å². The standard InChI is InChI=1S/C16H23NO2/c1-12-8-7-9-15(13(12)2)19-14(3)16(18)17-10-5-4-6-11-17/h7-9,14H,4-6,10-11H2,1-3H3/t14-/m1/s1. The van der Waals surface area contributed by atoms with Gasteiger partial charge < -0.3 is 9.64 Å². The number of hydrogen-bond donors (Lipinski definition) is 0. The first-order chi connectivity index (χ1) is 9.09. The van der Waals surface area contributed by atoms with Gasteiger partial charge in [-0.05, 0) is 57.2 Å².